The van der Waals surface area contributed by atoms with Crippen LogP contribution in [-0.2, 0) is 11.3 Å². The van der Waals surface area contributed by atoms with Crippen molar-refractivity contribution >= 4 is 11.6 Å². The van der Waals surface area contributed by atoms with Crippen molar-refractivity contribution in [3.8, 4) is 5.75 Å². The molecule has 0 aromatic heterocycles. The first kappa shape index (κ1) is 10.3. The maximum Gasteiger partial charge on any atom is 0.247 e. The van der Waals surface area contributed by atoms with Gasteiger partial charge < -0.3 is 16.2 Å². The SMILES string of the molecule is C=CC(=O)Nc1ccc(O)cc1CN. The van der Waals surface area contributed by atoms with E-state index >= 15 is 0 Å². The van der Waals surface area contributed by atoms with Crippen molar-refractivity contribution in [2.75, 3.05) is 5.32 Å². The molecular formula is C10H12N2O2. The summed E-state index contributed by atoms with van der Waals surface area (Å²) in [6.07, 6.45) is 1.17. The molecule has 0 fully saturated rings. The van der Waals surface area contributed by atoms with Crippen molar-refractivity contribution in [2.45, 2.75) is 6.54 Å². The Labute approximate surface area is 82.0 Å². The maximum atomic E-state index is 11.0. The minimum Gasteiger partial charge on any atom is -0.508 e. The van der Waals surface area contributed by atoms with Crippen LogP contribution in [0.15, 0.2) is 30.9 Å². The highest BCUT2D eigenvalue weighted by Gasteiger charge is 2.03. The molecule has 1 aromatic carbocycles. The van der Waals surface area contributed by atoms with E-state index in [-0.39, 0.29) is 18.2 Å². The maximum absolute atomic E-state index is 11.0. The van der Waals surface area contributed by atoms with Crippen LogP contribution >= 0.6 is 0 Å². The van der Waals surface area contributed by atoms with Crippen molar-refractivity contribution < 1.29 is 9.90 Å². The quantitative estimate of drug-likeness (QED) is 0.493. The number of carbonyl (C=O) groups is 1. The lowest BCUT2D eigenvalue weighted by atomic mass is 10.1. The minimum atomic E-state index is -0.301. The lowest BCUT2D eigenvalue weighted by molar-refractivity contribution is -0.111. The summed E-state index contributed by atoms with van der Waals surface area (Å²) < 4.78 is 0. The molecule has 0 aliphatic rings. The second-order valence-electron chi connectivity index (χ2n) is 2.74. The summed E-state index contributed by atoms with van der Waals surface area (Å²) in [7, 11) is 0. The molecule has 0 heterocycles. The Morgan fingerprint density at radius 1 is 1.64 bits per heavy atom. The fourth-order valence-electron chi connectivity index (χ4n) is 1.05. The van der Waals surface area contributed by atoms with Crippen LogP contribution in [0.2, 0.25) is 0 Å². The molecule has 0 saturated heterocycles. The number of carbonyl (C=O) groups excluding carboxylic acids is 1. The van der Waals surface area contributed by atoms with E-state index in [1.807, 2.05) is 0 Å². The lowest BCUT2D eigenvalue weighted by Crippen LogP contribution is -2.10. The zero-order valence-electron chi connectivity index (χ0n) is 7.66. The van der Waals surface area contributed by atoms with Gasteiger partial charge in [-0.3, -0.25) is 4.79 Å². The molecule has 74 valence electrons. The van der Waals surface area contributed by atoms with Crippen LogP contribution in [0.25, 0.3) is 0 Å². The van der Waals surface area contributed by atoms with Crippen LogP contribution in [0, 0.1) is 0 Å². The average Bonchev–Trinajstić information content (AvgIpc) is 2.20. The molecule has 1 aromatic rings. The summed E-state index contributed by atoms with van der Waals surface area (Å²) >= 11 is 0. The third kappa shape index (κ3) is 2.34. The highest BCUT2D eigenvalue weighted by molar-refractivity contribution is 5.99. The van der Waals surface area contributed by atoms with E-state index in [2.05, 4.69) is 11.9 Å². The normalized spacial score (nSPS) is 9.50. The average molecular weight is 192 g/mol. The first-order valence-corrected chi connectivity index (χ1v) is 4.12. The molecule has 0 unspecified atom stereocenters. The standard InChI is InChI=1S/C10H12N2O2/c1-2-10(14)12-9-4-3-8(13)5-7(9)6-11/h2-5,13H,1,6,11H2,(H,12,14). The second-order valence-corrected chi connectivity index (χ2v) is 2.74. The molecule has 0 spiro atoms. The molecule has 0 atom stereocenters. The van der Waals surface area contributed by atoms with Gasteiger partial charge in [-0.2, -0.15) is 0 Å². The molecule has 0 radical (unpaired) electrons. The molecule has 0 bridgehead atoms. The molecule has 4 heteroatoms. The van der Waals surface area contributed by atoms with Gasteiger partial charge in [0.2, 0.25) is 5.91 Å². The number of phenolic OH excluding ortho intramolecular Hbond substituents is 1. The number of nitrogens with one attached hydrogen (secondary N) is 1. The van der Waals surface area contributed by atoms with Gasteiger partial charge in [-0.05, 0) is 29.8 Å². The molecule has 1 rings (SSSR count). The zero-order chi connectivity index (χ0) is 10.6. The van der Waals surface area contributed by atoms with Crippen LogP contribution in [-0.4, -0.2) is 11.0 Å². The van der Waals surface area contributed by atoms with Gasteiger partial charge in [0.1, 0.15) is 5.75 Å². The molecule has 14 heavy (non-hydrogen) atoms. The Bertz CT molecular complexity index is 361. The van der Waals surface area contributed by atoms with Gasteiger partial charge in [-0.15, -0.1) is 0 Å². The van der Waals surface area contributed by atoms with Crippen molar-refractivity contribution in [3.63, 3.8) is 0 Å². The number of phenols is 1. The lowest BCUT2D eigenvalue weighted by Gasteiger charge is -2.08. The molecule has 0 aliphatic heterocycles. The summed E-state index contributed by atoms with van der Waals surface area (Å²) in [6.45, 7) is 3.59. The summed E-state index contributed by atoms with van der Waals surface area (Å²) in [5.74, 6) is -0.174. The molecule has 4 nitrogen and oxygen atoms in total. The van der Waals surface area contributed by atoms with Gasteiger partial charge in [-0.1, -0.05) is 6.58 Å². The van der Waals surface area contributed by atoms with Crippen molar-refractivity contribution in [1.82, 2.24) is 0 Å². The summed E-state index contributed by atoms with van der Waals surface area (Å²) in [5, 5.41) is 11.8. The Morgan fingerprint density at radius 3 is 2.93 bits per heavy atom. The van der Waals surface area contributed by atoms with Crippen LogP contribution in [0.4, 0.5) is 5.69 Å². The van der Waals surface area contributed by atoms with Crippen LogP contribution in [0.5, 0.6) is 5.75 Å². The van der Waals surface area contributed by atoms with E-state index in [4.69, 9.17) is 5.73 Å². The zero-order valence-corrected chi connectivity index (χ0v) is 7.66. The first-order valence-electron chi connectivity index (χ1n) is 4.12. The predicted molar refractivity (Wildman–Crippen MR) is 54.8 cm³/mol. The van der Waals surface area contributed by atoms with Crippen LogP contribution in [0.3, 0.4) is 0 Å². The van der Waals surface area contributed by atoms with Gasteiger partial charge in [-0.25, -0.2) is 0 Å². The fraction of sp³-hybridized carbons (Fsp3) is 0.100. The number of amides is 1. The molecular weight excluding hydrogens is 180 g/mol. The van der Waals surface area contributed by atoms with Crippen LogP contribution in [0.1, 0.15) is 5.56 Å². The van der Waals surface area contributed by atoms with E-state index in [1.165, 1.54) is 18.2 Å². The number of hydrogen-bond acceptors (Lipinski definition) is 3. The Kier molecular flexibility index (Phi) is 3.25. The van der Waals surface area contributed by atoms with Crippen molar-refractivity contribution in [3.05, 3.63) is 36.4 Å². The monoisotopic (exact) mass is 192 g/mol. The number of hydrogen-bond donors (Lipinski definition) is 3. The Morgan fingerprint density at radius 2 is 2.36 bits per heavy atom. The van der Waals surface area contributed by atoms with Crippen molar-refractivity contribution in [2.24, 2.45) is 5.73 Å². The molecule has 0 aliphatic carbocycles. The van der Waals surface area contributed by atoms with Gasteiger partial charge >= 0.3 is 0 Å². The number of aromatic hydroxyl groups is 1. The van der Waals surface area contributed by atoms with E-state index < -0.39 is 0 Å². The third-order valence-electron chi connectivity index (χ3n) is 1.75. The molecule has 0 saturated carbocycles. The van der Waals surface area contributed by atoms with E-state index in [9.17, 15) is 9.90 Å². The summed E-state index contributed by atoms with van der Waals surface area (Å²) in [4.78, 5) is 11.0. The van der Waals surface area contributed by atoms with Gasteiger partial charge in [0, 0.05) is 12.2 Å². The van der Waals surface area contributed by atoms with Gasteiger partial charge in [0.15, 0.2) is 0 Å². The number of nitrogens with two attached hydrogens (primary N) is 1. The summed E-state index contributed by atoms with van der Waals surface area (Å²) in [6, 6.07) is 4.59. The topological polar surface area (TPSA) is 75.3 Å². The van der Waals surface area contributed by atoms with Crippen LogP contribution < -0.4 is 11.1 Å². The smallest absolute Gasteiger partial charge is 0.247 e. The fourth-order valence-corrected chi connectivity index (χ4v) is 1.05. The second kappa shape index (κ2) is 4.43. The highest BCUT2D eigenvalue weighted by atomic mass is 16.3. The van der Waals surface area contributed by atoms with Gasteiger partial charge in [0.25, 0.3) is 0 Å². The van der Waals surface area contributed by atoms with E-state index in [0.29, 0.717) is 11.3 Å². The Hall–Kier alpha value is -1.81. The first-order chi connectivity index (χ1) is 6.67. The third-order valence-corrected chi connectivity index (χ3v) is 1.75. The van der Waals surface area contributed by atoms with E-state index in [0.717, 1.165) is 0 Å². The summed E-state index contributed by atoms with van der Waals surface area (Å²) in [5.41, 5.74) is 6.72. The van der Waals surface area contributed by atoms with Crippen molar-refractivity contribution in [1.29, 1.82) is 0 Å². The molecule has 4 N–H and O–H groups in total. The predicted octanol–water partition coefficient (Wildman–Crippen LogP) is 0.975. The molecule has 1 amide bonds. The minimum absolute atomic E-state index is 0.127. The largest absolute Gasteiger partial charge is 0.508 e. The van der Waals surface area contributed by atoms with Gasteiger partial charge in [0.05, 0.1) is 0 Å². The number of benzene rings is 1. The number of anilines is 1. The van der Waals surface area contributed by atoms with E-state index in [1.54, 1.807) is 6.07 Å². The highest BCUT2D eigenvalue weighted by Crippen LogP contribution is 2.20. The Balaban J connectivity index is 2.96. The number of rotatable bonds is 3.